The average Bonchev–Trinajstić information content (AvgIpc) is 1.98. The number of hydrogen-bond donors (Lipinski definition) is 0. The number of rotatable bonds is 1. The molecule has 0 aliphatic heterocycles. The van der Waals surface area contributed by atoms with Gasteiger partial charge in [0.25, 0.3) is 0 Å². The Kier molecular flexibility index (Phi) is 3.75. The van der Waals surface area contributed by atoms with Crippen LogP contribution in [0.4, 0.5) is 0 Å². The molecule has 0 saturated carbocycles. The summed E-state index contributed by atoms with van der Waals surface area (Å²) >= 11 is 0. The molecule has 2 atom stereocenters. The molecule has 0 saturated heterocycles. The van der Waals surface area contributed by atoms with E-state index >= 15 is 0 Å². The Morgan fingerprint density at radius 2 is 1.91 bits per heavy atom. The second kappa shape index (κ2) is 4.64. The van der Waals surface area contributed by atoms with E-state index in [4.69, 9.17) is 0 Å². The van der Waals surface area contributed by atoms with Crippen LogP contribution in [0.15, 0.2) is 12.2 Å². The lowest BCUT2D eigenvalue weighted by Crippen LogP contribution is -2.12. The molecule has 0 aromatic heterocycles. The van der Waals surface area contributed by atoms with Gasteiger partial charge in [-0.05, 0) is 37.5 Å². The summed E-state index contributed by atoms with van der Waals surface area (Å²) in [4.78, 5) is 0. The first-order valence-corrected chi connectivity index (χ1v) is 4.99. The normalized spacial score (nSPS) is 35.7. The molecule has 0 N–H and O–H groups in total. The van der Waals surface area contributed by atoms with Crippen molar-refractivity contribution in [1.29, 1.82) is 0 Å². The molecule has 1 aliphatic rings. The zero-order valence-corrected chi connectivity index (χ0v) is 7.84. The van der Waals surface area contributed by atoms with Crippen molar-refractivity contribution in [3.63, 3.8) is 0 Å². The molecule has 0 amide bonds. The van der Waals surface area contributed by atoms with Gasteiger partial charge in [0.2, 0.25) is 0 Å². The van der Waals surface area contributed by atoms with Crippen molar-refractivity contribution in [3.8, 4) is 0 Å². The fourth-order valence-electron chi connectivity index (χ4n) is 2.03. The third kappa shape index (κ3) is 2.73. The first-order chi connectivity index (χ1) is 5.34. The first kappa shape index (κ1) is 8.90. The summed E-state index contributed by atoms with van der Waals surface area (Å²) in [7, 11) is 2.33. The second-order valence-electron chi connectivity index (χ2n) is 3.77. The smallest absolute Gasteiger partial charge is 0.0885 e. The molecule has 62 valence electrons. The van der Waals surface area contributed by atoms with Crippen molar-refractivity contribution in [2.45, 2.75) is 38.9 Å². The van der Waals surface area contributed by atoms with Crippen LogP contribution in [0.5, 0.6) is 0 Å². The van der Waals surface area contributed by atoms with Crippen molar-refractivity contribution in [2.24, 2.45) is 11.8 Å². The maximum atomic E-state index is 2.41. The van der Waals surface area contributed by atoms with Gasteiger partial charge >= 0.3 is 0 Å². The minimum absolute atomic E-state index is 0.949. The molecule has 11 heavy (non-hydrogen) atoms. The highest BCUT2D eigenvalue weighted by Gasteiger charge is 2.14. The summed E-state index contributed by atoms with van der Waals surface area (Å²) in [6.07, 6.45) is 11.5. The van der Waals surface area contributed by atoms with Crippen LogP contribution in [0.3, 0.4) is 0 Å². The molecular weight excluding hydrogens is 131 g/mol. The van der Waals surface area contributed by atoms with E-state index in [9.17, 15) is 0 Å². The van der Waals surface area contributed by atoms with E-state index in [0.29, 0.717) is 0 Å². The molecule has 1 aliphatic carbocycles. The van der Waals surface area contributed by atoms with Crippen molar-refractivity contribution >= 4 is 7.85 Å². The van der Waals surface area contributed by atoms with Crippen molar-refractivity contribution in [1.82, 2.24) is 0 Å². The van der Waals surface area contributed by atoms with E-state index in [1.165, 1.54) is 32.0 Å². The summed E-state index contributed by atoms with van der Waals surface area (Å²) in [5.74, 6) is 1.94. The third-order valence-electron chi connectivity index (χ3n) is 2.99. The lowest BCUT2D eigenvalue weighted by Gasteiger charge is -2.23. The lowest BCUT2D eigenvalue weighted by atomic mass is 9.77. The monoisotopic (exact) mass is 150 g/mol. The van der Waals surface area contributed by atoms with Gasteiger partial charge in [-0.3, -0.25) is 0 Å². The Labute approximate surface area is 71.5 Å². The van der Waals surface area contributed by atoms with Gasteiger partial charge in [-0.25, -0.2) is 0 Å². The zero-order chi connectivity index (χ0) is 8.10. The number of allylic oxidation sites excluding steroid dienone is 2. The van der Waals surface area contributed by atoms with E-state index in [2.05, 4.69) is 26.9 Å². The predicted molar refractivity (Wildman–Crippen MR) is 53.6 cm³/mol. The van der Waals surface area contributed by atoms with Crippen LogP contribution in [-0.4, -0.2) is 7.85 Å². The van der Waals surface area contributed by atoms with Gasteiger partial charge in [0, 0.05) is 0 Å². The highest BCUT2D eigenvalue weighted by molar-refractivity contribution is 6.08. The standard InChI is InChI=1S/C10H19B/c1-9-6-4-2-3-5-7-10(9)8-11/h2-3,9-10H,4-8,11H2,1H3/b3-2+. The molecule has 2 unspecified atom stereocenters. The fourth-order valence-corrected chi connectivity index (χ4v) is 2.03. The predicted octanol–water partition coefficient (Wildman–Crippen LogP) is 2.42. The number of hydrogen-bond acceptors (Lipinski definition) is 0. The van der Waals surface area contributed by atoms with Crippen LogP contribution in [0.1, 0.15) is 32.6 Å². The van der Waals surface area contributed by atoms with E-state index in [0.717, 1.165) is 11.8 Å². The van der Waals surface area contributed by atoms with E-state index in [1.54, 1.807) is 0 Å². The molecule has 1 rings (SSSR count). The van der Waals surface area contributed by atoms with Gasteiger partial charge in [-0.1, -0.05) is 25.4 Å². The van der Waals surface area contributed by atoms with Crippen LogP contribution in [0, 0.1) is 11.8 Å². The maximum Gasteiger partial charge on any atom is 0.101 e. The Hall–Kier alpha value is -0.195. The minimum Gasteiger partial charge on any atom is -0.0885 e. The summed E-state index contributed by atoms with van der Waals surface area (Å²) in [5, 5.41) is 0. The molecule has 0 bridgehead atoms. The molecule has 0 radical (unpaired) electrons. The fraction of sp³-hybridized carbons (Fsp3) is 0.800. The third-order valence-corrected chi connectivity index (χ3v) is 2.99. The van der Waals surface area contributed by atoms with Crippen molar-refractivity contribution in [2.75, 3.05) is 0 Å². The van der Waals surface area contributed by atoms with Gasteiger partial charge in [0.15, 0.2) is 0 Å². The highest BCUT2D eigenvalue weighted by atomic mass is 14.2. The Balaban J connectivity index is 2.43. The van der Waals surface area contributed by atoms with Gasteiger partial charge in [-0.15, -0.1) is 0 Å². The lowest BCUT2D eigenvalue weighted by molar-refractivity contribution is 0.343. The summed E-state index contributed by atoms with van der Waals surface area (Å²) in [6, 6.07) is 0. The molecular formula is C10H19B. The van der Waals surface area contributed by atoms with Gasteiger partial charge < -0.3 is 0 Å². The van der Waals surface area contributed by atoms with E-state index < -0.39 is 0 Å². The SMILES string of the molecule is BCC1CC/C=C/CCC1C. The summed E-state index contributed by atoms with van der Waals surface area (Å²) < 4.78 is 0. The quantitative estimate of drug-likeness (QED) is 0.397. The Morgan fingerprint density at radius 1 is 1.27 bits per heavy atom. The summed E-state index contributed by atoms with van der Waals surface area (Å²) in [5.41, 5.74) is 0. The molecule has 1 heteroatoms. The van der Waals surface area contributed by atoms with Gasteiger partial charge in [0.05, 0.1) is 0 Å². The van der Waals surface area contributed by atoms with Crippen molar-refractivity contribution in [3.05, 3.63) is 12.2 Å². The molecule has 0 aromatic carbocycles. The van der Waals surface area contributed by atoms with Crippen LogP contribution in [0.2, 0.25) is 6.32 Å². The van der Waals surface area contributed by atoms with Gasteiger partial charge in [0.1, 0.15) is 7.85 Å². The minimum atomic E-state index is 0.949. The molecule has 0 nitrogen and oxygen atoms in total. The zero-order valence-electron chi connectivity index (χ0n) is 7.84. The Bertz CT molecular complexity index is 129. The van der Waals surface area contributed by atoms with Gasteiger partial charge in [-0.2, -0.15) is 0 Å². The van der Waals surface area contributed by atoms with E-state index in [-0.39, 0.29) is 0 Å². The van der Waals surface area contributed by atoms with Crippen LogP contribution >= 0.6 is 0 Å². The largest absolute Gasteiger partial charge is 0.101 e. The maximum absolute atomic E-state index is 2.41. The van der Waals surface area contributed by atoms with Crippen molar-refractivity contribution < 1.29 is 0 Å². The van der Waals surface area contributed by atoms with Crippen LogP contribution in [0.25, 0.3) is 0 Å². The highest BCUT2D eigenvalue weighted by Crippen LogP contribution is 2.26. The second-order valence-corrected chi connectivity index (χ2v) is 3.77. The first-order valence-electron chi connectivity index (χ1n) is 4.99. The molecule has 0 spiro atoms. The summed E-state index contributed by atoms with van der Waals surface area (Å²) in [6.45, 7) is 2.41. The van der Waals surface area contributed by atoms with Crippen LogP contribution < -0.4 is 0 Å². The molecule has 0 heterocycles. The van der Waals surface area contributed by atoms with Crippen LogP contribution in [-0.2, 0) is 0 Å². The molecule has 0 aromatic rings. The topological polar surface area (TPSA) is 0 Å². The molecule has 0 fully saturated rings. The van der Waals surface area contributed by atoms with E-state index in [1.807, 2.05) is 0 Å². The average molecular weight is 150 g/mol. The Morgan fingerprint density at radius 3 is 2.55 bits per heavy atom.